The van der Waals surface area contributed by atoms with Crippen molar-refractivity contribution in [2.24, 2.45) is 5.92 Å². The summed E-state index contributed by atoms with van der Waals surface area (Å²) in [6, 6.07) is 11.9. The molecule has 0 radical (unpaired) electrons. The largest absolute Gasteiger partial charge is 0.497 e. The third-order valence-corrected chi connectivity index (χ3v) is 7.74. The molecule has 1 saturated heterocycles. The minimum absolute atomic E-state index is 0.143. The zero-order valence-electron chi connectivity index (χ0n) is 18.8. The lowest BCUT2D eigenvalue weighted by Crippen LogP contribution is -2.57. The highest BCUT2D eigenvalue weighted by molar-refractivity contribution is 7.89. The van der Waals surface area contributed by atoms with Crippen LogP contribution in [0.5, 0.6) is 5.75 Å². The average Bonchev–Trinajstić information content (AvgIpc) is 2.82. The number of carbonyl (C=O) groups is 2. The van der Waals surface area contributed by atoms with E-state index in [1.54, 1.807) is 36.3 Å². The van der Waals surface area contributed by atoms with Gasteiger partial charge in [-0.05, 0) is 54.4 Å². The Labute approximate surface area is 199 Å². The fraction of sp³-hybridized carbons (Fsp3) is 0.391. The van der Waals surface area contributed by atoms with E-state index < -0.39 is 16.1 Å². The predicted molar refractivity (Wildman–Crippen MR) is 126 cm³/mol. The average molecular weight is 494 g/mol. The molecule has 1 aliphatic heterocycles. The molecule has 178 valence electrons. The van der Waals surface area contributed by atoms with Gasteiger partial charge >= 0.3 is 0 Å². The summed E-state index contributed by atoms with van der Waals surface area (Å²) in [4.78, 5) is 27.6. The van der Waals surface area contributed by atoms with E-state index in [0.717, 1.165) is 0 Å². The van der Waals surface area contributed by atoms with Crippen LogP contribution in [0.15, 0.2) is 53.4 Å². The number of rotatable bonds is 7. The van der Waals surface area contributed by atoms with Crippen molar-refractivity contribution in [3.63, 3.8) is 0 Å². The molecule has 2 aromatic carbocycles. The Morgan fingerprint density at radius 3 is 2.06 bits per heavy atom. The van der Waals surface area contributed by atoms with Crippen molar-refractivity contribution in [3.8, 4) is 5.75 Å². The quantitative estimate of drug-likeness (QED) is 0.639. The summed E-state index contributed by atoms with van der Waals surface area (Å²) in [6.45, 7) is 4.55. The van der Waals surface area contributed by atoms with E-state index in [1.165, 1.54) is 28.6 Å². The van der Waals surface area contributed by atoms with Gasteiger partial charge in [-0.25, -0.2) is 8.42 Å². The standard InChI is InChI=1S/C23H28ClN3O5S/c1-16(2)21(25-22(28)17-4-8-19(32-3)9-5-17)23(29)26-12-14-27(15-13-26)33(30,31)20-10-6-18(24)7-11-20/h4-11,16,21H,12-15H2,1-3H3,(H,25,28)/t21-/m0/s1. The fourth-order valence-corrected chi connectivity index (χ4v) is 5.13. The normalized spacial score (nSPS) is 15.8. The molecule has 1 aliphatic rings. The molecule has 8 nitrogen and oxygen atoms in total. The van der Waals surface area contributed by atoms with Crippen molar-refractivity contribution in [2.75, 3.05) is 33.3 Å². The topological polar surface area (TPSA) is 96.0 Å². The Morgan fingerprint density at radius 2 is 1.55 bits per heavy atom. The lowest BCUT2D eigenvalue weighted by Gasteiger charge is -2.36. The molecule has 0 spiro atoms. The number of piperazine rings is 1. The van der Waals surface area contributed by atoms with E-state index >= 15 is 0 Å². The fourth-order valence-electron chi connectivity index (χ4n) is 3.58. The van der Waals surface area contributed by atoms with Crippen molar-refractivity contribution in [1.29, 1.82) is 0 Å². The van der Waals surface area contributed by atoms with Crippen molar-refractivity contribution in [3.05, 3.63) is 59.1 Å². The summed E-state index contributed by atoms with van der Waals surface area (Å²) >= 11 is 5.86. The minimum Gasteiger partial charge on any atom is -0.497 e. The van der Waals surface area contributed by atoms with Crippen molar-refractivity contribution >= 4 is 33.4 Å². The van der Waals surface area contributed by atoms with Crippen molar-refractivity contribution < 1.29 is 22.7 Å². The SMILES string of the molecule is COc1ccc(C(=O)N[C@H](C(=O)N2CCN(S(=O)(=O)c3ccc(Cl)cc3)CC2)C(C)C)cc1. The van der Waals surface area contributed by atoms with Gasteiger partial charge in [0.15, 0.2) is 0 Å². The van der Waals surface area contributed by atoms with Crippen LogP contribution in [0.25, 0.3) is 0 Å². The van der Waals surface area contributed by atoms with E-state index in [0.29, 0.717) is 16.3 Å². The van der Waals surface area contributed by atoms with Gasteiger partial charge in [0.1, 0.15) is 11.8 Å². The van der Waals surface area contributed by atoms with E-state index in [-0.39, 0.29) is 48.8 Å². The van der Waals surface area contributed by atoms with Crippen LogP contribution in [-0.4, -0.2) is 68.8 Å². The van der Waals surface area contributed by atoms with Crippen LogP contribution in [0, 0.1) is 5.92 Å². The zero-order valence-corrected chi connectivity index (χ0v) is 20.4. The van der Waals surface area contributed by atoms with Gasteiger partial charge in [0, 0.05) is 36.8 Å². The van der Waals surface area contributed by atoms with Gasteiger partial charge in [0.25, 0.3) is 5.91 Å². The maximum Gasteiger partial charge on any atom is 0.251 e. The number of carbonyl (C=O) groups excluding carboxylic acids is 2. The second-order valence-electron chi connectivity index (χ2n) is 8.11. The van der Waals surface area contributed by atoms with Crippen LogP contribution >= 0.6 is 11.6 Å². The Morgan fingerprint density at radius 1 is 0.970 bits per heavy atom. The molecule has 1 heterocycles. The summed E-state index contributed by atoms with van der Waals surface area (Å²) in [5.74, 6) is -0.0888. The first kappa shape index (κ1) is 25.0. The van der Waals surface area contributed by atoms with Crippen LogP contribution in [-0.2, 0) is 14.8 Å². The molecular formula is C23H28ClN3O5S. The molecule has 10 heteroatoms. The van der Waals surface area contributed by atoms with Crippen LogP contribution in [0.2, 0.25) is 5.02 Å². The van der Waals surface area contributed by atoms with Gasteiger partial charge in [0.05, 0.1) is 12.0 Å². The highest BCUT2D eigenvalue weighted by atomic mass is 35.5. The molecule has 2 amide bonds. The smallest absolute Gasteiger partial charge is 0.251 e. The molecule has 0 unspecified atom stereocenters. The highest BCUT2D eigenvalue weighted by Gasteiger charge is 2.34. The number of sulfonamides is 1. The van der Waals surface area contributed by atoms with Gasteiger partial charge in [0.2, 0.25) is 15.9 Å². The van der Waals surface area contributed by atoms with Crippen LogP contribution < -0.4 is 10.1 Å². The number of halogens is 1. The molecule has 1 N–H and O–H groups in total. The number of methoxy groups -OCH3 is 1. The summed E-state index contributed by atoms with van der Waals surface area (Å²) in [5, 5.41) is 3.28. The number of amides is 2. The lowest BCUT2D eigenvalue weighted by atomic mass is 10.0. The summed E-state index contributed by atoms with van der Waals surface area (Å²) in [7, 11) is -2.12. The number of ether oxygens (including phenoxy) is 1. The van der Waals surface area contributed by atoms with Gasteiger partial charge in [-0.2, -0.15) is 4.31 Å². The van der Waals surface area contributed by atoms with Crippen LogP contribution in [0.3, 0.4) is 0 Å². The van der Waals surface area contributed by atoms with Crippen LogP contribution in [0.1, 0.15) is 24.2 Å². The van der Waals surface area contributed by atoms with E-state index in [4.69, 9.17) is 16.3 Å². The second-order valence-corrected chi connectivity index (χ2v) is 10.5. The Balaban J connectivity index is 1.64. The monoisotopic (exact) mass is 493 g/mol. The molecule has 2 aromatic rings. The third-order valence-electron chi connectivity index (χ3n) is 5.57. The first-order chi connectivity index (χ1) is 15.6. The Bertz CT molecular complexity index is 1080. The predicted octanol–water partition coefficient (Wildman–Crippen LogP) is 2.64. The number of hydrogen-bond donors (Lipinski definition) is 1. The molecule has 1 atom stereocenters. The maximum atomic E-state index is 13.2. The lowest BCUT2D eigenvalue weighted by molar-refractivity contribution is -0.135. The molecule has 0 bridgehead atoms. The van der Waals surface area contributed by atoms with Crippen LogP contribution in [0.4, 0.5) is 0 Å². The van der Waals surface area contributed by atoms with Crippen molar-refractivity contribution in [1.82, 2.24) is 14.5 Å². The second kappa shape index (κ2) is 10.5. The van der Waals surface area contributed by atoms with E-state index in [1.807, 2.05) is 13.8 Å². The number of hydrogen-bond acceptors (Lipinski definition) is 5. The number of benzene rings is 2. The molecule has 3 rings (SSSR count). The minimum atomic E-state index is -3.67. The first-order valence-corrected chi connectivity index (χ1v) is 12.4. The maximum absolute atomic E-state index is 13.2. The van der Waals surface area contributed by atoms with E-state index in [9.17, 15) is 18.0 Å². The van der Waals surface area contributed by atoms with E-state index in [2.05, 4.69) is 5.32 Å². The molecule has 33 heavy (non-hydrogen) atoms. The molecular weight excluding hydrogens is 466 g/mol. The number of nitrogens with one attached hydrogen (secondary N) is 1. The summed E-state index contributed by atoms with van der Waals surface area (Å²) < 4.78 is 32.2. The molecule has 0 aliphatic carbocycles. The van der Waals surface area contributed by atoms with Gasteiger partial charge in [-0.15, -0.1) is 0 Å². The first-order valence-electron chi connectivity index (χ1n) is 10.6. The Kier molecular flexibility index (Phi) is 7.99. The Hall–Kier alpha value is -2.62. The van der Waals surface area contributed by atoms with Crippen molar-refractivity contribution in [2.45, 2.75) is 24.8 Å². The molecule has 1 fully saturated rings. The molecule has 0 aromatic heterocycles. The highest BCUT2D eigenvalue weighted by Crippen LogP contribution is 2.21. The summed E-state index contributed by atoms with van der Waals surface area (Å²) in [6.07, 6.45) is 0. The van der Waals surface area contributed by atoms with Gasteiger partial charge in [-0.3, -0.25) is 9.59 Å². The zero-order chi connectivity index (χ0) is 24.2. The summed E-state index contributed by atoms with van der Waals surface area (Å²) in [5.41, 5.74) is 0.424. The van der Waals surface area contributed by atoms with Gasteiger partial charge < -0.3 is 15.0 Å². The van der Waals surface area contributed by atoms with Gasteiger partial charge in [-0.1, -0.05) is 25.4 Å². The number of nitrogens with zero attached hydrogens (tertiary/aromatic N) is 2. The third kappa shape index (κ3) is 5.85. The molecule has 0 saturated carbocycles.